The maximum atomic E-state index is 11.9. The number of thioether (sulfide) groups is 2. The molecule has 11 nitrogen and oxygen atoms in total. The van der Waals surface area contributed by atoms with Crippen LogP contribution in [0.2, 0.25) is 0 Å². The van der Waals surface area contributed by atoms with Crippen molar-refractivity contribution >= 4 is 41.3 Å². The number of fused-ring (bicyclic) bond motifs is 1. The van der Waals surface area contributed by atoms with E-state index in [0.717, 1.165) is 0 Å². The summed E-state index contributed by atoms with van der Waals surface area (Å²) in [7, 11) is 3.27. The van der Waals surface area contributed by atoms with E-state index in [9.17, 15) is 19.5 Å². The molecule has 0 radical (unpaired) electrons. The van der Waals surface area contributed by atoms with E-state index in [1.807, 2.05) is 0 Å². The SMILES string of the molecule is CN(C)C(=O)Cn1nnnc1SCC1=C(C(=O)O)N2C(=O)C(N)[C@@H]2SC1. The Morgan fingerprint density at radius 1 is 1.46 bits per heavy atom. The fourth-order valence-electron chi connectivity index (χ4n) is 2.51. The van der Waals surface area contributed by atoms with Gasteiger partial charge in [0.2, 0.25) is 17.0 Å². The molecule has 1 unspecified atom stereocenters. The van der Waals surface area contributed by atoms with Crippen LogP contribution in [-0.2, 0) is 20.9 Å². The average molecular weight is 399 g/mol. The number of carbonyl (C=O) groups is 3. The van der Waals surface area contributed by atoms with Crippen LogP contribution in [0.1, 0.15) is 0 Å². The molecular weight excluding hydrogens is 382 g/mol. The number of carbonyl (C=O) groups excluding carboxylic acids is 2. The minimum atomic E-state index is -1.16. The molecule has 3 rings (SSSR count). The van der Waals surface area contributed by atoms with Gasteiger partial charge in [0.25, 0.3) is 0 Å². The highest BCUT2D eigenvalue weighted by Crippen LogP contribution is 2.40. The molecule has 1 fully saturated rings. The zero-order valence-electron chi connectivity index (χ0n) is 14.0. The van der Waals surface area contributed by atoms with Crippen molar-refractivity contribution in [2.24, 2.45) is 5.73 Å². The summed E-state index contributed by atoms with van der Waals surface area (Å²) >= 11 is 2.65. The molecule has 0 bridgehead atoms. The van der Waals surface area contributed by atoms with Gasteiger partial charge in [0.1, 0.15) is 23.7 Å². The van der Waals surface area contributed by atoms with Crippen LogP contribution < -0.4 is 5.73 Å². The van der Waals surface area contributed by atoms with Crippen LogP contribution in [0.25, 0.3) is 0 Å². The Bertz CT molecular complexity index is 793. The van der Waals surface area contributed by atoms with E-state index in [1.165, 1.54) is 38.0 Å². The van der Waals surface area contributed by atoms with Crippen LogP contribution in [0.3, 0.4) is 0 Å². The van der Waals surface area contributed by atoms with E-state index >= 15 is 0 Å². The van der Waals surface area contributed by atoms with Crippen molar-refractivity contribution in [3.05, 3.63) is 11.3 Å². The summed E-state index contributed by atoms with van der Waals surface area (Å²) in [6.45, 7) is -0.0105. The van der Waals surface area contributed by atoms with Gasteiger partial charge in [0.05, 0.1) is 0 Å². The van der Waals surface area contributed by atoms with Crippen molar-refractivity contribution in [1.82, 2.24) is 30.0 Å². The van der Waals surface area contributed by atoms with Gasteiger partial charge in [-0.05, 0) is 16.0 Å². The highest BCUT2D eigenvalue weighted by Gasteiger charge is 2.51. The third kappa shape index (κ3) is 3.29. The Morgan fingerprint density at radius 2 is 2.19 bits per heavy atom. The van der Waals surface area contributed by atoms with E-state index in [2.05, 4.69) is 15.5 Å². The van der Waals surface area contributed by atoms with E-state index in [-0.39, 0.29) is 35.2 Å². The number of carboxylic acid groups (broad SMARTS) is 1. The second-order valence-electron chi connectivity index (χ2n) is 5.89. The molecule has 0 saturated carbocycles. The summed E-state index contributed by atoms with van der Waals surface area (Å²) in [5.74, 6) is -0.968. The second kappa shape index (κ2) is 7.25. The number of likely N-dealkylation sites (N-methyl/N-ethyl adjacent to an activating group) is 1. The maximum absolute atomic E-state index is 11.9. The lowest BCUT2D eigenvalue weighted by Crippen LogP contribution is -2.68. The smallest absolute Gasteiger partial charge is 0.352 e. The van der Waals surface area contributed by atoms with E-state index in [4.69, 9.17) is 5.73 Å². The van der Waals surface area contributed by atoms with Gasteiger partial charge in [-0.25, -0.2) is 9.48 Å². The van der Waals surface area contributed by atoms with Crippen LogP contribution in [0.5, 0.6) is 0 Å². The molecule has 0 aliphatic carbocycles. The Labute approximate surface area is 156 Å². The van der Waals surface area contributed by atoms with Crippen molar-refractivity contribution < 1.29 is 19.5 Å². The normalized spacial score (nSPS) is 22.1. The second-order valence-corrected chi connectivity index (χ2v) is 7.94. The van der Waals surface area contributed by atoms with Gasteiger partial charge < -0.3 is 15.7 Å². The molecule has 26 heavy (non-hydrogen) atoms. The quantitative estimate of drug-likeness (QED) is 0.425. The number of nitrogens with two attached hydrogens (primary N) is 1. The lowest BCUT2D eigenvalue weighted by Gasteiger charge is -2.48. The molecular formula is C13H17N7O4S2. The molecule has 1 aromatic rings. The Hall–Kier alpha value is -2.12. The first kappa shape index (κ1) is 18.7. The number of β-lactam (4-membered cyclic amide) rings is 1. The van der Waals surface area contributed by atoms with Gasteiger partial charge in [0.15, 0.2) is 0 Å². The van der Waals surface area contributed by atoms with Gasteiger partial charge >= 0.3 is 5.97 Å². The molecule has 0 spiro atoms. The highest BCUT2D eigenvalue weighted by atomic mass is 32.2. The number of hydrogen-bond donors (Lipinski definition) is 2. The lowest BCUT2D eigenvalue weighted by atomic mass is 10.0. The van der Waals surface area contributed by atoms with E-state index in [1.54, 1.807) is 14.1 Å². The molecule has 13 heteroatoms. The summed E-state index contributed by atoms with van der Waals surface area (Å²) in [5, 5.41) is 20.8. The first-order valence-corrected chi connectivity index (χ1v) is 9.59. The fraction of sp³-hybridized carbons (Fsp3) is 0.538. The lowest BCUT2D eigenvalue weighted by molar-refractivity contribution is -0.147. The number of tetrazole rings is 1. The molecule has 2 aliphatic rings. The first-order chi connectivity index (χ1) is 12.3. The predicted molar refractivity (Wildman–Crippen MR) is 93.0 cm³/mol. The topological polar surface area (TPSA) is 148 Å². The largest absolute Gasteiger partial charge is 0.477 e. The van der Waals surface area contributed by atoms with Crippen molar-refractivity contribution in [2.75, 3.05) is 25.6 Å². The maximum Gasteiger partial charge on any atom is 0.352 e. The zero-order chi connectivity index (χ0) is 19.0. The van der Waals surface area contributed by atoms with E-state index in [0.29, 0.717) is 16.5 Å². The number of aromatic nitrogens is 4. The molecule has 2 atom stereocenters. The van der Waals surface area contributed by atoms with Gasteiger partial charge in [-0.2, -0.15) is 0 Å². The average Bonchev–Trinajstić information content (AvgIpc) is 3.04. The summed E-state index contributed by atoms with van der Waals surface area (Å²) in [4.78, 5) is 38.1. The summed E-state index contributed by atoms with van der Waals surface area (Å²) in [6.07, 6.45) is 0. The predicted octanol–water partition coefficient (Wildman–Crippen LogP) is -1.57. The number of hydrogen-bond acceptors (Lipinski definition) is 9. The van der Waals surface area contributed by atoms with Gasteiger partial charge in [-0.15, -0.1) is 16.9 Å². The molecule has 2 aliphatic heterocycles. The van der Waals surface area contributed by atoms with Crippen molar-refractivity contribution in [2.45, 2.75) is 23.1 Å². The highest BCUT2D eigenvalue weighted by molar-refractivity contribution is 8.01. The molecule has 1 aromatic heterocycles. The Kier molecular flexibility index (Phi) is 5.20. The third-order valence-electron chi connectivity index (χ3n) is 3.95. The first-order valence-electron chi connectivity index (χ1n) is 7.56. The van der Waals surface area contributed by atoms with Crippen LogP contribution in [0.4, 0.5) is 0 Å². The number of rotatable bonds is 6. The van der Waals surface area contributed by atoms with Crippen LogP contribution >= 0.6 is 23.5 Å². The van der Waals surface area contributed by atoms with Gasteiger partial charge in [-0.1, -0.05) is 11.8 Å². The van der Waals surface area contributed by atoms with Crippen molar-refractivity contribution in [3.63, 3.8) is 0 Å². The van der Waals surface area contributed by atoms with Crippen molar-refractivity contribution in [3.8, 4) is 0 Å². The van der Waals surface area contributed by atoms with Crippen molar-refractivity contribution in [1.29, 1.82) is 0 Å². The molecule has 140 valence electrons. The summed E-state index contributed by atoms with van der Waals surface area (Å²) in [6, 6.07) is -0.659. The molecule has 0 aromatic carbocycles. The summed E-state index contributed by atoms with van der Waals surface area (Å²) < 4.78 is 1.36. The molecule has 3 heterocycles. The summed E-state index contributed by atoms with van der Waals surface area (Å²) in [5.41, 5.74) is 6.31. The fourth-order valence-corrected chi connectivity index (χ4v) is 4.82. The number of aliphatic carboxylic acids is 1. The third-order valence-corrected chi connectivity index (χ3v) is 6.35. The molecule has 1 saturated heterocycles. The van der Waals surface area contributed by atoms with Crippen LogP contribution in [-0.4, -0.2) is 89.9 Å². The Morgan fingerprint density at radius 3 is 2.85 bits per heavy atom. The van der Waals surface area contributed by atoms with Crippen LogP contribution in [0.15, 0.2) is 16.4 Å². The Balaban J connectivity index is 1.75. The zero-order valence-corrected chi connectivity index (χ0v) is 15.7. The van der Waals surface area contributed by atoms with Crippen LogP contribution in [0, 0.1) is 0 Å². The molecule has 2 amide bonds. The number of carboxylic acids is 1. The number of nitrogens with zero attached hydrogens (tertiary/aromatic N) is 6. The monoisotopic (exact) mass is 399 g/mol. The minimum absolute atomic E-state index is 0.0105. The van der Waals surface area contributed by atoms with Gasteiger partial charge in [-0.3, -0.25) is 14.5 Å². The number of amides is 2. The molecule has 3 N–H and O–H groups in total. The standard InChI is InChI=1S/C13H17N7O4S2/c1-18(2)7(21)3-19-13(15-16-17-19)26-5-6-4-25-11-8(14)10(22)20(11)9(6)12(23)24/h8,11H,3-5,14H2,1-2H3,(H,23,24)/t8?,11-/m0/s1. The van der Waals surface area contributed by atoms with Gasteiger partial charge in [0, 0.05) is 25.6 Å². The minimum Gasteiger partial charge on any atom is -0.477 e. The van der Waals surface area contributed by atoms with E-state index < -0.39 is 12.0 Å².